The van der Waals surface area contributed by atoms with Gasteiger partial charge in [0.05, 0.1) is 31.1 Å². The molecule has 2 atom stereocenters. The smallest absolute Gasteiger partial charge is 0.320 e. The summed E-state index contributed by atoms with van der Waals surface area (Å²) in [5.74, 6) is 1.10. The highest BCUT2D eigenvalue weighted by molar-refractivity contribution is 6.05. The van der Waals surface area contributed by atoms with E-state index in [4.69, 9.17) is 31.0 Å². The van der Waals surface area contributed by atoms with Crippen molar-refractivity contribution >= 4 is 23.4 Å². The first-order valence-electron chi connectivity index (χ1n) is 18.1. The van der Waals surface area contributed by atoms with Crippen molar-refractivity contribution in [3.63, 3.8) is 0 Å². The first-order chi connectivity index (χ1) is 25.4. The van der Waals surface area contributed by atoms with Crippen molar-refractivity contribution in [1.82, 2.24) is 20.1 Å². The average molecular weight is 715 g/mol. The van der Waals surface area contributed by atoms with E-state index in [-0.39, 0.29) is 34.9 Å². The first-order valence-corrected chi connectivity index (χ1v) is 18.1. The second-order valence-electron chi connectivity index (χ2n) is 14.7. The summed E-state index contributed by atoms with van der Waals surface area (Å²) in [4.78, 5) is 20.5. The predicted molar refractivity (Wildman–Crippen MR) is 209 cm³/mol. The van der Waals surface area contributed by atoms with Crippen molar-refractivity contribution in [3.8, 4) is 5.75 Å². The number of carbonyl (C=O) groups excluding carboxylic acids is 1. The molecular weight excluding hydrogens is 665 g/mol. The lowest BCUT2D eigenvalue weighted by molar-refractivity contribution is 0.0342. The number of amides is 2. The number of aryl methyl sites for hydroxylation is 1. The Balaban J connectivity index is 1.14. The molecule has 2 heterocycles. The lowest BCUT2D eigenvalue weighted by atomic mass is 9.85. The largest absolute Gasteiger partial charge is 0.484 e. The Labute approximate surface area is 311 Å². The number of carbonyl (C=O) groups is 1. The predicted octanol–water partition coefficient (Wildman–Crippen LogP) is 6.85. The van der Waals surface area contributed by atoms with Crippen molar-refractivity contribution in [2.75, 3.05) is 26.3 Å². The minimum atomic E-state index is -0.382. The molecule has 2 amide bonds. The molecule has 6 N–H and O–H groups in total. The SMILES string of the molecule is Cc1ccc(N=C(/C=C(\N)C(C)(C)C)NC(=O)NC2CCC(Oc3ccc(=N)n(C(=N)c4ccc(CN5CCOCC5)cc4)c3)c3ccccc32)cc1. The van der Waals surface area contributed by atoms with Gasteiger partial charge >= 0.3 is 6.03 Å². The van der Waals surface area contributed by atoms with E-state index in [0.29, 0.717) is 41.4 Å². The van der Waals surface area contributed by atoms with Crippen LogP contribution in [-0.4, -0.2) is 53.5 Å². The second-order valence-corrected chi connectivity index (χ2v) is 14.7. The standard InChI is InChI=1S/C42H50N8O3/c1-28-9-15-31(16-10-28)46-39(25-37(43)42(2,3)4)48-41(51)47-35-18-19-36(34-8-6-5-7-33(34)35)53-32-17-20-38(44)50(27-32)40(45)30-13-11-29(12-14-30)26-49-21-23-52-24-22-49/h5-17,20,25,27,35-36,44-45H,18-19,21-24,26,43H2,1-4H3,(H2,46,47,48,51)/b37-25-,44-38?,45-40?. The zero-order valence-electron chi connectivity index (χ0n) is 31.0. The molecule has 1 saturated heterocycles. The third-order valence-electron chi connectivity index (χ3n) is 9.60. The van der Waals surface area contributed by atoms with Gasteiger partial charge in [0.15, 0.2) is 0 Å². The Hall–Kier alpha value is -5.52. The summed E-state index contributed by atoms with van der Waals surface area (Å²) in [6, 6.07) is 26.5. The number of nitrogens with zero attached hydrogens (tertiary/aromatic N) is 3. The van der Waals surface area contributed by atoms with Gasteiger partial charge in [-0.25, -0.2) is 9.79 Å². The lowest BCUT2D eigenvalue weighted by Crippen LogP contribution is -2.42. The third kappa shape index (κ3) is 9.68. The van der Waals surface area contributed by atoms with Gasteiger partial charge in [0.25, 0.3) is 0 Å². The van der Waals surface area contributed by atoms with E-state index >= 15 is 0 Å². The van der Waals surface area contributed by atoms with Crippen LogP contribution in [0.5, 0.6) is 5.75 Å². The number of amidine groups is 1. The molecular formula is C42H50N8O3. The number of pyridine rings is 1. The average Bonchev–Trinajstić information content (AvgIpc) is 3.14. The number of nitrogens with two attached hydrogens (primary N) is 1. The molecule has 1 aliphatic heterocycles. The molecule has 2 aliphatic rings. The summed E-state index contributed by atoms with van der Waals surface area (Å²) in [6.07, 6.45) is 4.43. The Morgan fingerprint density at radius 1 is 0.981 bits per heavy atom. The van der Waals surface area contributed by atoms with Gasteiger partial charge in [0, 0.05) is 42.4 Å². The van der Waals surface area contributed by atoms with Gasteiger partial charge in [-0.15, -0.1) is 0 Å². The number of nitrogens with one attached hydrogen (secondary N) is 4. The minimum absolute atomic E-state index is 0.184. The molecule has 1 aliphatic carbocycles. The summed E-state index contributed by atoms with van der Waals surface area (Å²) in [7, 11) is 0. The van der Waals surface area contributed by atoms with Crippen LogP contribution in [0.1, 0.15) is 73.6 Å². The fourth-order valence-electron chi connectivity index (χ4n) is 6.38. The molecule has 276 valence electrons. The van der Waals surface area contributed by atoms with Crippen molar-refractivity contribution in [2.24, 2.45) is 16.1 Å². The number of benzene rings is 3. The lowest BCUT2D eigenvalue weighted by Gasteiger charge is -2.32. The maximum atomic E-state index is 13.5. The van der Waals surface area contributed by atoms with Crippen LogP contribution in [0.25, 0.3) is 0 Å². The van der Waals surface area contributed by atoms with Crippen LogP contribution in [0.2, 0.25) is 0 Å². The van der Waals surface area contributed by atoms with Crippen LogP contribution in [0, 0.1) is 23.2 Å². The molecule has 53 heavy (non-hydrogen) atoms. The van der Waals surface area contributed by atoms with Crippen molar-refractivity contribution < 1.29 is 14.3 Å². The summed E-state index contributed by atoms with van der Waals surface area (Å²) in [6.45, 7) is 12.2. The zero-order valence-corrected chi connectivity index (χ0v) is 31.0. The number of hydrogen-bond acceptors (Lipinski definition) is 8. The molecule has 3 aromatic carbocycles. The molecule has 0 saturated carbocycles. The number of urea groups is 1. The molecule has 11 nitrogen and oxygen atoms in total. The minimum Gasteiger partial charge on any atom is -0.484 e. The van der Waals surface area contributed by atoms with Gasteiger partial charge in [-0.3, -0.25) is 25.6 Å². The van der Waals surface area contributed by atoms with Crippen LogP contribution >= 0.6 is 0 Å². The Morgan fingerprint density at radius 3 is 2.38 bits per heavy atom. The molecule has 2 unspecified atom stereocenters. The normalized spacial score (nSPS) is 18.2. The topological polar surface area (TPSA) is 154 Å². The van der Waals surface area contributed by atoms with Crippen LogP contribution in [0.15, 0.2) is 108 Å². The van der Waals surface area contributed by atoms with E-state index in [0.717, 1.165) is 49.5 Å². The molecule has 1 aromatic heterocycles. The molecule has 4 aromatic rings. The fraction of sp³-hybridized carbons (Fsp3) is 0.333. The quantitative estimate of drug-likeness (QED) is 0.0998. The Bertz CT molecular complexity index is 2040. The van der Waals surface area contributed by atoms with Crippen LogP contribution < -0.4 is 26.6 Å². The number of aromatic nitrogens is 1. The van der Waals surface area contributed by atoms with Crippen LogP contribution in [0.4, 0.5) is 10.5 Å². The number of fused-ring (bicyclic) bond motifs is 1. The van der Waals surface area contributed by atoms with Gasteiger partial charge < -0.3 is 20.5 Å². The molecule has 1 fully saturated rings. The Kier molecular flexibility index (Phi) is 11.6. The van der Waals surface area contributed by atoms with Crippen molar-refractivity contribution in [2.45, 2.75) is 59.2 Å². The fourth-order valence-corrected chi connectivity index (χ4v) is 6.38. The molecule has 6 rings (SSSR count). The molecule has 11 heteroatoms. The van der Waals surface area contributed by atoms with Gasteiger partial charge in [0.1, 0.15) is 29.0 Å². The number of ether oxygens (including phenoxy) is 2. The van der Waals surface area contributed by atoms with E-state index in [9.17, 15) is 4.79 Å². The van der Waals surface area contributed by atoms with Crippen molar-refractivity contribution in [3.05, 3.63) is 136 Å². The summed E-state index contributed by atoms with van der Waals surface area (Å²) in [5, 5.41) is 23.6. The second kappa shape index (κ2) is 16.4. The number of rotatable bonds is 8. The first kappa shape index (κ1) is 37.2. The third-order valence-corrected chi connectivity index (χ3v) is 9.60. The zero-order chi connectivity index (χ0) is 37.5. The molecule has 0 bridgehead atoms. The van der Waals surface area contributed by atoms with E-state index in [1.54, 1.807) is 24.4 Å². The van der Waals surface area contributed by atoms with Gasteiger partial charge in [-0.05, 0) is 60.7 Å². The summed E-state index contributed by atoms with van der Waals surface area (Å²) >= 11 is 0. The van der Waals surface area contributed by atoms with Crippen LogP contribution in [-0.2, 0) is 11.3 Å². The van der Waals surface area contributed by atoms with Gasteiger partial charge in [0.2, 0.25) is 0 Å². The highest BCUT2D eigenvalue weighted by Crippen LogP contribution is 2.38. The monoisotopic (exact) mass is 714 g/mol. The molecule has 0 spiro atoms. The summed E-state index contributed by atoms with van der Waals surface area (Å²) < 4.78 is 13.5. The Morgan fingerprint density at radius 2 is 1.68 bits per heavy atom. The highest BCUT2D eigenvalue weighted by atomic mass is 16.5. The van der Waals surface area contributed by atoms with E-state index in [1.165, 1.54) is 10.1 Å². The van der Waals surface area contributed by atoms with E-state index in [1.807, 2.05) is 100 Å². The molecule has 0 radical (unpaired) electrons. The van der Waals surface area contributed by atoms with E-state index in [2.05, 4.69) is 15.5 Å². The van der Waals surface area contributed by atoms with Gasteiger partial charge in [-0.1, -0.05) is 87.0 Å². The number of allylic oxidation sites excluding steroid dienone is 1. The number of hydrogen-bond donors (Lipinski definition) is 5. The van der Waals surface area contributed by atoms with Crippen molar-refractivity contribution in [1.29, 1.82) is 10.8 Å². The maximum absolute atomic E-state index is 13.5. The maximum Gasteiger partial charge on any atom is 0.320 e. The van der Waals surface area contributed by atoms with Gasteiger partial charge in [-0.2, -0.15) is 0 Å². The number of morpholine rings is 1. The number of aliphatic imine (C=N–C) groups is 1. The van der Waals surface area contributed by atoms with Crippen LogP contribution in [0.3, 0.4) is 0 Å². The highest BCUT2D eigenvalue weighted by Gasteiger charge is 2.30. The van der Waals surface area contributed by atoms with E-state index < -0.39 is 0 Å². The summed E-state index contributed by atoms with van der Waals surface area (Å²) in [5.41, 5.74) is 12.5.